The van der Waals surface area contributed by atoms with Gasteiger partial charge in [-0.05, 0) is 18.1 Å². The molecule has 0 spiro atoms. The molecular weight excluding hydrogens is 354 g/mol. The molecule has 4 rings (SSSR count). The second kappa shape index (κ2) is 7.22. The summed E-state index contributed by atoms with van der Waals surface area (Å²) in [6, 6.07) is 8.22. The van der Waals surface area contributed by atoms with Gasteiger partial charge in [0.05, 0.1) is 12.2 Å². The maximum absolute atomic E-state index is 12.9. The average molecular weight is 379 g/mol. The molecule has 3 heterocycles. The largest absolute Gasteiger partial charge is 0.337 e. The minimum atomic E-state index is -0.0866. The van der Waals surface area contributed by atoms with Crippen LogP contribution in [-0.4, -0.2) is 70.3 Å². The smallest absolute Gasteiger partial charge is 0.320 e. The van der Waals surface area contributed by atoms with Gasteiger partial charge in [-0.25, -0.2) is 9.78 Å². The van der Waals surface area contributed by atoms with Gasteiger partial charge in [0, 0.05) is 58.0 Å². The van der Waals surface area contributed by atoms with E-state index in [0.717, 1.165) is 0 Å². The number of carbonyl (C=O) groups excluding carboxylic acids is 2. The van der Waals surface area contributed by atoms with Crippen molar-refractivity contribution in [1.29, 1.82) is 0 Å². The number of fused-ring (bicyclic) bond motifs is 1. The van der Waals surface area contributed by atoms with Crippen LogP contribution in [0.5, 0.6) is 0 Å². The van der Waals surface area contributed by atoms with Crippen LogP contribution in [-0.2, 0) is 0 Å². The van der Waals surface area contributed by atoms with Gasteiger partial charge in [-0.3, -0.25) is 9.78 Å². The average Bonchev–Trinajstić information content (AvgIpc) is 3.26. The summed E-state index contributed by atoms with van der Waals surface area (Å²) in [7, 11) is 3.57. The predicted octanol–water partition coefficient (Wildman–Crippen LogP) is 2.21. The number of hydrogen-bond acceptors (Lipinski definition) is 4. The molecule has 3 amide bonds. The van der Waals surface area contributed by atoms with E-state index >= 15 is 0 Å². The summed E-state index contributed by atoms with van der Waals surface area (Å²) >= 11 is 0. The lowest BCUT2D eigenvalue weighted by Gasteiger charge is -2.32. The Morgan fingerprint density at radius 3 is 2.57 bits per heavy atom. The Morgan fingerprint density at radius 1 is 1.11 bits per heavy atom. The van der Waals surface area contributed by atoms with Crippen molar-refractivity contribution in [2.75, 3.05) is 33.7 Å². The lowest BCUT2D eigenvalue weighted by molar-refractivity contribution is 0.0760. The van der Waals surface area contributed by atoms with Crippen LogP contribution in [0.4, 0.5) is 4.79 Å². The van der Waals surface area contributed by atoms with Crippen LogP contribution >= 0.6 is 0 Å². The van der Waals surface area contributed by atoms with Crippen molar-refractivity contribution in [3.8, 4) is 0 Å². The number of amides is 3. The number of rotatable bonds is 2. The summed E-state index contributed by atoms with van der Waals surface area (Å²) in [4.78, 5) is 39.3. The summed E-state index contributed by atoms with van der Waals surface area (Å²) in [6.07, 6.45) is 4.61. The van der Waals surface area contributed by atoms with Crippen molar-refractivity contribution >= 4 is 11.9 Å². The Kier molecular flexibility index (Phi) is 4.75. The first-order valence-electron chi connectivity index (χ1n) is 9.56. The van der Waals surface area contributed by atoms with Gasteiger partial charge in [-0.2, -0.15) is 0 Å². The van der Waals surface area contributed by atoms with Crippen LogP contribution in [0.1, 0.15) is 27.7 Å². The fraction of sp³-hybridized carbons (Fsp3) is 0.429. The normalized spacial score (nSPS) is 23.6. The molecular formula is C21H25N5O2. The number of urea groups is 1. The Balaban J connectivity index is 1.63. The number of hydrogen-bond donors (Lipinski definition) is 0. The van der Waals surface area contributed by atoms with Crippen LogP contribution in [0.3, 0.4) is 0 Å². The summed E-state index contributed by atoms with van der Waals surface area (Å²) < 4.78 is 0. The number of likely N-dealkylation sites (tertiary alicyclic amines) is 2. The van der Waals surface area contributed by atoms with E-state index in [1.165, 1.54) is 23.5 Å². The number of aryl methyl sites for hydroxylation is 1. The van der Waals surface area contributed by atoms with Gasteiger partial charge < -0.3 is 14.7 Å². The van der Waals surface area contributed by atoms with E-state index in [9.17, 15) is 9.59 Å². The van der Waals surface area contributed by atoms with E-state index in [0.29, 0.717) is 25.3 Å². The lowest BCUT2D eigenvalue weighted by atomic mass is 9.88. The molecule has 146 valence electrons. The van der Waals surface area contributed by atoms with Crippen molar-refractivity contribution in [3.05, 3.63) is 59.7 Å². The number of nitrogens with zero attached hydrogens (tertiary/aromatic N) is 5. The first-order valence-corrected chi connectivity index (χ1v) is 9.56. The molecule has 0 radical (unpaired) electrons. The van der Waals surface area contributed by atoms with Crippen LogP contribution < -0.4 is 0 Å². The molecule has 2 saturated heterocycles. The monoisotopic (exact) mass is 379 g/mol. The summed E-state index contributed by atoms with van der Waals surface area (Å²) in [6.45, 7) is 4.00. The van der Waals surface area contributed by atoms with Crippen molar-refractivity contribution in [1.82, 2.24) is 24.7 Å². The number of benzene rings is 1. The zero-order valence-corrected chi connectivity index (χ0v) is 16.4. The Morgan fingerprint density at radius 2 is 1.89 bits per heavy atom. The molecule has 0 N–H and O–H groups in total. The van der Waals surface area contributed by atoms with Gasteiger partial charge in [0.2, 0.25) is 0 Å². The highest BCUT2D eigenvalue weighted by atomic mass is 16.2. The lowest BCUT2D eigenvalue weighted by Crippen LogP contribution is -2.42. The zero-order valence-electron chi connectivity index (χ0n) is 16.4. The minimum absolute atomic E-state index is 0.0226. The molecule has 1 aromatic carbocycles. The Hall–Kier alpha value is -2.96. The number of carbonyl (C=O) groups is 2. The summed E-state index contributed by atoms with van der Waals surface area (Å²) in [5, 5.41) is 0. The highest BCUT2D eigenvalue weighted by Gasteiger charge is 2.50. The third-order valence-corrected chi connectivity index (χ3v) is 5.87. The van der Waals surface area contributed by atoms with E-state index in [4.69, 9.17) is 0 Å². The van der Waals surface area contributed by atoms with Crippen molar-refractivity contribution in [2.24, 2.45) is 11.8 Å². The van der Waals surface area contributed by atoms with Gasteiger partial charge in [0.25, 0.3) is 5.91 Å². The second-order valence-corrected chi connectivity index (χ2v) is 7.86. The van der Waals surface area contributed by atoms with E-state index in [1.54, 1.807) is 25.2 Å². The maximum Gasteiger partial charge on any atom is 0.320 e. The third kappa shape index (κ3) is 3.10. The summed E-state index contributed by atoms with van der Waals surface area (Å²) in [5.41, 5.74) is 2.71. The standard InChI is InChI=1S/C21H25N5O2/c1-14-6-4-5-7-16(14)19-17-13-25(20(27)18-10-22-8-9-23-18)11-15(17)12-26(19)21(28)24(2)3/h4-10,15,17,19H,11-13H2,1-3H3/t15-,17-,19+/m1/s1. The molecule has 1 aromatic heterocycles. The minimum Gasteiger partial charge on any atom is -0.337 e. The highest BCUT2D eigenvalue weighted by molar-refractivity contribution is 5.92. The van der Waals surface area contributed by atoms with Crippen LogP contribution in [0.15, 0.2) is 42.9 Å². The van der Waals surface area contributed by atoms with E-state index in [-0.39, 0.29) is 29.8 Å². The molecule has 2 aliphatic heterocycles. The van der Waals surface area contributed by atoms with Gasteiger partial charge in [-0.15, -0.1) is 0 Å². The molecule has 0 aliphatic carbocycles. The Labute approximate surface area is 165 Å². The molecule has 28 heavy (non-hydrogen) atoms. The van der Waals surface area contributed by atoms with Gasteiger partial charge in [-0.1, -0.05) is 24.3 Å². The van der Waals surface area contributed by atoms with Gasteiger partial charge >= 0.3 is 6.03 Å². The molecule has 0 saturated carbocycles. The first kappa shape index (κ1) is 18.4. The van der Waals surface area contributed by atoms with Crippen molar-refractivity contribution in [3.63, 3.8) is 0 Å². The van der Waals surface area contributed by atoms with E-state index < -0.39 is 0 Å². The van der Waals surface area contributed by atoms with Crippen LogP contribution in [0.25, 0.3) is 0 Å². The molecule has 7 nitrogen and oxygen atoms in total. The fourth-order valence-corrected chi connectivity index (χ4v) is 4.55. The van der Waals surface area contributed by atoms with Crippen LogP contribution in [0, 0.1) is 18.8 Å². The van der Waals surface area contributed by atoms with Crippen LogP contribution in [0.2, 0.25) is 0 Å². The molecule has 3 atom stereocenters. The van der Waals surface area contributed by atoms with Gasteiger partial charge in [0.15, 0.2) is 0 Å². The molecule has 0 unspecified atom stereocenters. The molecule has 2 aromatic rings. The predicted molar refractivity (Wildman–Crippen MR) is 105 cm³/mol. The maximum atomic E-state index is 12.9. The zero-order chi connectivity index (χ0) is 19.8. The second-order valence-electron chi connectivity index (χ2n) is 7.86. The highest BCUT2D eigenvalue weighted by Crippen LogP contribution is 2.46. The van der Waals surface area contributed by atoms with Gasteiger partial charge in [0.1, 0.15) is 5.69 Å². The molecule has 0 bridgehead atoms. The summed E-state index contributed by atoms with van der Waals surface area (Å²) in [5.74, 6) is 0.385. The van der Waals surface area contributed by atoms with E-state index in [1.807, 2.05) is 21.9 Å². The van der Waals surface area contributed by atoms with Crippen molar-refractivity contribution < 1.29 is 9.59 Å². The SMILES string of the molecule is Cc1ccccc1[C@H]1[C@@H]2CN(C(=O)c3cnccn3)C[C@@H]2CN1C(=O)N(C)C. The molecule has 7 heteroatoms. The fourth-order valence-electron chi connectivity index (χ4n) is 4.55. The molecule has 2 aliphatic rings. The number of aromatic nitrogens is 2. The topological polar surface area (TPSA) is 69.6 Å². The molecule has 2 fully saturated rings. The van der Waals surface area contributed by atoms with Crippen molar-refractivity contribution in [2.45, 2.75) is 13.0 Å². The quantitative estimate of drug-likeness (QED) is 0.802. The first-order chi connectivity index (χ1) is 13.5. The third-order valence-electron chi connectivity index (χ3n) is 5.87. The Bertz CT molecular complexity index is 885. The van der Waals surface area contributed by atoms with E-state index in [2.05, 4.69) is 29.0 Å².